The van der Waals surface area contributed by atoms with Crippen molar-refractivity contribution < 1.29 is 49.6 Å². The number of unbranched alkanes of at least 4 members (excludes halogenated alkanes) is 8. The first-order valence-corrected chi connectivity index (χ1v) is 11.9. The third-order valence-electron chi connectivity index (χ3n) is 3.23. The molecule has 0 aromatic carbocycles. The van der Waals surface area contributed by atoms with Crippen molar-refractivity contribution >= 4 is 5.97 Å². The van der Waals surface area contributed by atoms with Gasteiger partial charge in [-0.1, -0.05) is 58.3 Å². The van der Waals surface area contributed by atoms with Crippen molar-refractivity contribution in [2.45, 2.75) is 71.1 Å². The number of hydrogen-bond acceptors (Lipinski definition) is 10. The number of ether oxygens (including phenoxy) is 1. The Hall–Kier alpha value is -2.99. The minimum absolute atomic E-state index is 0.0153. The Morgan fingerprint density at radius 3 is 1.50 bits per heavy atom. The lowest BCUT2D eigenvalue weighted by molar-refractivity contribution is -0.786. The van der Waals surface area contributed by atoms with E-state index < -0.39 is 0 Å². The summed E-state index contributed by atoms with van der Waals surface area (Å²) in [5.41, 5.74) is 0. The van der Waals surface area contributed by atoms with Crippen molar-refractivity contribution in [1.82, 2.24) is 0 Å². The minimum Gasteiger partial charge on any atom is -0.512 e. The van der Waals surface area contributed by atoms with Crippen LogP contribution in [0.15, 0.2) is 91.5 Å². The maximum Gasteiger partial charge on any atom is 0.305 e. The van der Waals surface area contributed by atoms with Gasteiger partial charge in [0, 0.05) is 21.5 Å². The van der Waals surface area contributed by atoms with Crippen LogP contribution in [0, 0.1) is 0 Å². The van der Waals surface area contributed by atoms with Crippen LogP contribution in [0.1, 0.15) is 71.1 Å². The van der Waals surface area contributed by atoms with Crippen molar-refractivity contribution in [3.05, 3.63) is 91.5 Å². The molecule has 0 heterocycles. The van der Waals surface area contributed by atoms with Gasteiger partial charge in [-0.3, -0.25) is 4.79 Å². The van der Waals surface area contributed by atoms with Crippen LogP contribution in [0.25, 0.3) is 0 Å². The second kappa shape index (κ2) is 76.5. The summed E-state index contributed by atoms with van der Waals surface area (Å²) in [7, 11) is 0. The zero-order chi connectivity index (χ0) is 31.1. The van der Waals surface area contributed by atoms with Crippen LogP contribution in [-0.4, -0.2) is 24.3 Å². The third-order valence-corrected chi connectivity index (χ3v) is 3.23. The fourth-order valence-corrected chi connectivity index (χ4v) is 1.99. The van der Waals surface area contributed by atoms with Gasteiger partial charge in [-0.15, -0.1) is 78.9 Å². The van der Waals surface area contributed by atoms with E-state index in [0.29, 0.717) is 12.7 Å². The molecule has 0 aliphatic carbocycles. The normalized spacial score (nSPS) is 8.24. The predicted molar refractivity (Wildman–Crippen MR) is 155 cm³/mol. The van der Waals surface area contributed by atoms with E-state index in [1.165, 1.54) is 38.5 Å². The second-order valence-electron chi connectivity index (χ2n) is 5.34. The summed E-state index contributed by atoms with van der Waals surface area (Å²) in [6.45, 7) is 38.2. The van der Waals surface area contributed by atoms with Crippen LogP contribution >= 0.6 is 0 Å². The molecule has 0 spiro atoms. The van der Waals surface area contributed by atoms with Crippen LogP contribution in [-0.2, 0) is 44.5 Å². The van der Waals surface area contributed by atoms with Gasteiger partial charge in [0.15, 0.2) is 6.26 Å². The molecule has 226 valence electrons. The number of rotatable bonds is 20. The molecule has 0 atom stereocenters. The molecule has 0 rings (SSSR count). The summed E-state index contributed by atoms with van der Waals surface area (Å²) in [4.78, 5) is 19.9. The zero-order valence-electron chi connectivity index (χ0n) is 23.7. The van der Waals surface area contributed by atoms with Gasteiger partial charge in [0.2, 0.25) is 0 Å². The summed E-state index contributed by atoms with van der Waals surface area (Å²) < 4.78 is 4.94. The summed E-state index contributed by atoms with van der Waals surface area (Å²) in [6.07, 6.45) is 12.4. The number of carbonyl (C=O) groups is 1. The second-order valence-corrected chi connectivity index (χ2v) is 5.34. The SMILES string of the molecule is C=C.C=C.C=C.C=C.C=C.C=C.CCCCCCCCCCCC(=O)OCCOOOOOOO/C=C/O. The van der Waals surface area contributed by atoms with Crippen LogP contribution in [0.3, 0.4) is 0 Å². The predicted octanol–water partition coefficient (Wildman–Crippen LogP) is 8.90. The number of carbonyl (C=O) groups excluding carboxylic acids is 1. The van der Waals surface area contributed by atoms with E-state index in [9.17, 15) is 4.79 Å². The standard InChI is InChI=1S/C16H30O10.6C2H4/c1-2-3-4-5-6-7-8-9-10-11-16(18)19-14-15-21-23-25-26-24-22-20-13-12-17;6*1-2/h12-13,17H,2-11,14-15H2,1H3;6*1-2H2/b13-12+;;;;;;. The molecule has 10 heteroatoms. The van der Waals surface area contributed by atoms with E-state index in [1.54, 1.807) is 0 Å². The third kappa shape index (κ3) is 76.6. The number of esters is 1. The fraction of sp³-hybridized carbons (Fsp3) is 0.464. The quantitative estimate of drug-likeness (QED) is 0.0394. The molecular weight excluding hydrogens is 496 g/mol. The van der Waals surface area contributed by atoms with Gasteiger partial charge in [-0.25, -0.2) is 4.89 Å². The highest BCUT2D eigenvalue weighted by atomic mass is 17.9. The van der Waals surface area contributed by atoms with E-state index in [2.05, 4.69) is 121 Å². The molecule has 0 aromatic heterocycles. The summed E-state index contributed by atoms with van der Waals surface area (Å²) in [5.74, 6) is -0.278. The first kappa shape index (κ1) is 51.6. The van der Waals surface area contributed by atoms with Crippen molar-refractivity contribution in [3.63, 3.8) is 0 Å². The lowest BCUT2D eigenvalue weighted by Gasteiger charge is -2.04. The molecule has 0 bridgehead atoms. The maximum absolute atomic E-state index is 11.5. The van der Waals surface area contributed by atoms with Gasteiger partial charge in [-0.2, -0.15) is 0 Å². The van der Waals surface area contributed by atoms with Gasteiger partial charge < -0.3 is 14.7 Å². The van der Waals surface area contributed by atoms with Gasteiger partial charge >= 0.3 is 5.97 Å². The maximum atomic E-state index is 11.5. The van der Waals surface area contributed by atoms with Crippen molar-refractivity contribution in [2.75, 3.05) is 13.2 Å². The van der Waals surface area contributed by atoms with Crippen LogP contribution < -0.4 is 0 Å². The van der Waals surface area contributed by atoms with Crippen molar-refractivity contribution in [2.24, 2.45) is 0 Å². The largest absolute Gasteiger partial charge is 0.512 e. The van der Waals surface area contributed by atoms with E-state index in [1.807, 2.05) is 0 Å². The lowest BCUT2D eigenvalue weighted by Crippen LogP contribution is -2.11. The Balaban J connectivity index is -0.000000139. The highest BCUT2D eigenvalue weighted by Crippen LogP contribution is 2.10. The molecule has 0 fully saturated rings. The molecule has 38 heavy (non-hydrogen) atoms. The average Bonchev–Trinajstić information content (AvgIpc) is 3.01. The first-order valence-electron chi connectivity index (χ1n) is 11.9. The molecule has 1 N–H and O–H groups in total. The molecule has 0 amide bonds. The topological polar surface area (TPSA) is 111 Å². The number of hydrogen-bond donors (Lipinski definition) is 1. The molecule has 0 unspecified atom stereocenters. The number of aliphatic hydroxyl groups excluding tert-OH is 1. The monoisotopic (exact) mass is 550 g/mol. The van der Waals surface area contributed by atoms with E-state index >= 15 is 0 Å². The smallest absolute Gasteiger partial charge is 0.305 e. The summed E-state index contributed by atoms with van der Waals surface area (Å²) in [5, 5.41) is 27.5. The average molecular weight is 551 g/mol. The van der Waals surface area contributed by atoms with Crippen LogP contribution in [0.4, 0.5) is 0 Å². The van der Waals surface area contributed by atoms with E-state index in [-0.39, 0.29) is 19.2 Å². The Morgan fingerprint density at radius 1 is 0.605 bits per heavy atom. The molecule has 0 saturated heterocycles. The van der Waals surface area contributed by atoms with Gasteiger partial charge in [0.25, 0.3) is 0 Å². The molecule has 0 aromatic rings. The summed E-state index contributed by atoms with van der Waals surface area (Å²) in [6, 6.07) is 0. The summed E-state index contributed by atoms with van der Waals surface area (Å²) >= 11 is 0. The zero-order valence-corrected chi connectivity index (χ0v) is 23.7. The Labute approximate surface area is 231 Å². The molecule has 0 aliphatic rings. The van der Waals surface area contributed by atoms with Crippen molar-refractivity contribution in [3.8, 4) is 0 Å². The number of aliphatic hydroxyl groups is 1. The molecule has 0 radical (unpaired) electrons. The Morgan fingerprint density at radius 2 is 1.03 bits per heavy atom. The first-order chi connectivity index (χ1) is 18.8. The van der Waals surface area contributed by atoms with Crippen LogP contribution in [0.5, 0.6) is 0 Å². The van der Waals surface area contributed by atoms with Crippen LogP contribution in [0.2, 0.25) is 0 Å². The highest BCUT2D eigenvalue weighted by Gasteiger charge is 2.03. The fourth-order valence-electron chi connectivity index (χ4n) is 1.99. The van der Waals surface area contributed by atoms with Gasteiger partial charge in [0.05, 0.1) is 0 Å². The van der Waals surface area contributed by atoms with E-state index in [0.717, 1.165) is 25.5 Å². The van der Waals surface area contributed by atoms with Gasteiger partial charge in [0.1, 0.15) is 19.5 Å². The molecule has 0 saturated carbocycles. The Bertz CT molecular complexity index is 394. The van der Waals surface area contributed by atoms with E-state index in [4.69, 9.17) is 9.84 Å². The lowest BCUT2D eigenvalue weighted by atomic mass is 10.1. The molecule has 10 nitrogen and oxygen atoms in total. The van der Waals surface area contributed by atoms with Gasteiger partial charge in [-0.05, 0) is 16.5 Å². The van der Waals surface area contributed by atoms with Crippen molar-refractivity contribution in [1.29, 1.82) is 0 Å². The minimum atomic E-state index is -0.278. The highest BCUT2D eigenvalue weighted by molar-refractivity contribution is 5.69. The Kier molecular flexibility index (Phi) is 104. The molecular formula is C28H54O10. The molecule has 0 aliphatic heterocycles.